The molecule has 3 heterocycles. The molecule has 2 aromatic heterocycles. The van der Waals surface area contributed by atoms with Gasteiger partial charge in [0, 0.05) is 24.1 Å². The first kappa shape index (κ1) is 25.3. The van der Waals surface area contributed by atoms with Crippen molar-refractivity contribution in [2.75, 3.05) is 0 Å². The largest absolute Gasteiger partial charge is 0.444 e. The standard InChI is InChI=1S/C28H37N5O4/c1-16-25(17(2)37-32-16)18-9-14-23-22(15-18)31-26(21-7-6-8-24(34)30-21)33(23)20-12-10-19(11-13-20)29-27(35)36-28(3,4)5/h9,14-15,19-21H,6-8,10-13H2,1-5H3,(H,29,35)(H,30,34)/t19?,20?,21-/m0/s1. The number of aromatic nitrogens is 3. The molecule has 2 amide bonds. The number of aryl methyl sites for hydroxylation is 2. The minimum absolute atomic E-state index is 0.0801. The maximum Gasteiger partial charge on any atom is 0.407 e. The Balaban J connectivity index is 1.44. The number of carbonyl (C=O) groups excluding carboxylic acids is 2. The maximum atomic E-state index is 12.3. The fraction of sp³-hybridized carbons (Fsp3) is 0.571. The highest BCUT2D eigenvalue weighted by atomic mass is 16.6. The lowest BCUT2D eigenvalue weighted by Gasteiger charge is -2.33. The van der Waals surface area contributed by atoms with Gasteiger partial charge in [0.2, 0.25) is 5.91 Å². The van der Waals surface area contributed by atoms with Crippen molar-refractivity contribution in [3.63, 3.8) is 0 Å². The molecule has 9 heteroatoms. The number of hydrogen-bond donors (Lipinski definition) is 2. The first-order valence-corrected chi connectivity index (χ1v) is 13.3. The van der Waals surface area contributed by atoms with Crippen LogP contribution in [0.2, 0.25) is 0 Å². The quantitative estimate of drug-likeness (QED) is 0.471. The molecule has 1 saturated carbocycles. The first-order valence-electron chi connectivity index (χ1n) is 13.3. The van der Waals surface area contributed by atoms with Gasteiger partial charge in [-0.15, -0.1) is 0 Å². The fourth-order valence-corrected chi connectivity index (χ4v) is 5.75. The van der Waals surface area contributed by atoms with Crippen LogP contribution in [0.4, 0.5) is 4.79 Å². The monoisotopic (exact) mass is 507 g/mol. The number of benzene rings is 1. The molecule has 0 bridgehead atoms. The third-order valence-electron chi connectivity index (χ3n) is 7.37. The number of rotatable bonds is 4. The molecule has 2 fully saturated rings. The number of alkyl carbamates (subject to hydrolysis) is 1. The molecule has 0 unspecified atom stereocenters. The lowest BCUT2D eigenvalue weighted by molar-refractivity contribution is -0.123. The van der Waals surface area contributed by atoms with E-state index in [0.717, 1.165) is 78.0 Å². The van der Waals surface area contributed by atoms with Crippen LogP contribution >= 0.6 is 0 Å². The first-order chi connectivity index (χ1) is 17.6. The lowest BCUT2D eigenvalue weighted by Crippen LogP contribution is -2.41. The van der Waals surface area contributed by atoms with E-state index in [1.165, 1.54) is 0 Å². The highest BCUT2D eigenvalue weighted by Gasteiger charge is 2.32. The zero-order valence-corrected chi connectivity index (χ0v) is 22.4. The molecule has 198 valence electrons. The summed E-state index contributed by atoms with van der Waals surface area (Å²) >= 11 is 0. The Kier molecular flexibility index (Phi) is 6.72. The van der Waals surface area contributed by atoms with Crippen molar-refractivity contribution >= 4 is 23.0 Å². The molecule has 9 nitrogen and oxygen atoms in total. The summed E-state index contributed by atoms with van der Waals surface area (Å²) in [6.45, 7) is 9.48. The molecule has 0 spiro atoms. The van der Waals surface area contributed by atoms with Crippen molar-refractivity contribution in [1.82, 2.24) is 25.3 Å². The average molecular weight is 508 g/mol. The van der Waals surface area contributed by atoms with Gasteiger partial charge in [-0.25, -0.2) is 9.78 Å². The van der Waals surface area contributed by atoms with Gasteiger partial charge in [0.05, 0.1) is 22.8 Å². The molecular formula is C28H37N5O4. The molecule has 1 saturated heterocycles. The molecule has 1 aromatic carbocycles. The smallest absolute Gasteiger partial charge is 0.407 e. The van der Waals surface area contributed by atoms with Crippen molar-refractivity contribution in [1.29, 1.82) is 0 Å². The Morgan fingerprint density at radius 2 is 1.92 bits per heavy atom. The van der Waals surface area contributed by atoms with E-state index in [1.54, 1.807) is 0 Å². The average Bonchev–Trinajstić information content (AvgIpc) is 3.37. The summed E-state index contributed by atoms with van der Waals surface area (Å²) < 4.78 is 13.2. The van der Waals surface area contributed by atoms with Crippen molar-refractivity contribution in [2.24, 2.45) is 0 Å². The van der Waals surface area contributed by atoms with E-state index >= 15 is 0 Å². The molecule has 1 aliphatic carbocycles. The third-order valence-corrected chi connectivity index (χ3v) is 7.37. The van der Waals surface area contributed by atoms with E-state index in [4.69, 9.17) is 14.2 Å². The highest BCUT2D eigenvalue weighted by molar-refractivity contribution is 5.84. The predicted octanol–water partition coefficient (Wildman–Crippen LogP) is 5.66. The van der Waals surface area contributed by atoms with Crippen LogP contribution in [0.1, 0.15) is 95.1 Å². The van der Waals surface area contributed by atoms with Gasteiger partial charge in [-0.3, -0.25) is 4.79 Å². The van der Waals surface area contributed by atoms with Crippen molar-refractivity contribution in [2.45, 2.75) is 103 Å². The van der Waals surface area contributed by atoms with Crippen LogP contribution < -0.4 is 10.6 Å². The zero-order valence-electron chi connectivity index (χ0n) is 22.4. The molecule has 2 N–H and O–H groups in total. The summed E-state index contributed by atoms with van der Waals surface area (Å²) in [5.74, 6) is 1.78. The Morgan fingerprint density at radius 3 is 2.57 bits per heavy atom. The number of nitrogens with zero attached hydrogens (tertiary/aromatic N) is 3. The Hall–Kier alpha value is -3.36. The second-order valence-electron chi connectivity index (χ2n) is 11.4. The maximum absolute atomic E-state index is 12.3. The van der Waals surface area contributed by atoms with Gasteiger partial charge in [0.25, 0.3) is 0 Å². The van der Waals surface area contributed by atoms with Crippen molar-refractivity contribution in [3.05, 3.63) is 35.5 Å². The minimum atomic E-state index is -0.515. The Labute approximate surface area is 217 Å². The van der Waals surface area contributed by atoms with E-state index in [2.05, 4.69) is 38.6 Å². The molecule has 0 radical (unpaired) electrons. The second kappa shape index (κ2) is 9.84. The number of hydrogen-bond acceptors (Lipinski definition) is 6. The summed E-state index contributed by atoms with van der Waals surface area (Å²) in [7, 11) is 0. The van der Waals surface area contributed by atoms with Crippen LogP contribution in [0.3, 0.4) is 0 Å². The van der Waals surface area contributed by atoms with E-state index in [9.17, 15) is 9.59 Å². The summed E-state index contributed by atoms with van der Waals surface area (Å²) in [4.78, 5) is 29.6. The number of fused-ring (bicyclic) bond motifs is 1. The van der Waals surface area contributed by atoms with Gasteiger partial charge in [-0.1, -0.05) is 11.2 Å². The molecular weight excluding hydrogens is 470 g/mol. The summed E-state index contributed by atoms with van der Waals surface area (Å²) in [5.41, 5.74) is 4.33. The Bertz CT molecular complexity index is 1290. The van der Waals surface area contributed by atoms with Crippen LogP contribution in [0.25, 0.3) is 22.2 Å². The topological polar surface area (TPSA) is 111 Å². The van der Waals surface area contributed by atoms with Crippen LogP contribution in [0.15, 0.2) is 22.7 Å². The van der Waals surface area contributed by atoms with Gasteiger partial charge in [0.1, 0.15) is 17.2 Å². The van der Waals surface area contributed by atoms with Crippen LogP contribution in [-0.4, -0.2) is 38.4 Å². The highest BCUT2D eigenvalue weighted by Crippen LogP contribution is 2.38. The lowest BCUT2D eigenvalue weighted by atomic mass is 9.90. The number of amides is 2. The van der Waals surface area contributed by atoms with E-state index in [0.29, 0.717) is 6.42 Å². The van der Waals surface area contributed by atoms with Crippen LogP contribution in [0.5, 0.6) is 0 Å². The van der Waals surface area contributed by atoms with Crippen molar-refractivity contribution in [3.8, 4) is 11.1 Å². The number of piperidine rings is 1. The molecule has 37 heavy (non-hydrogen) atoms. The Morgan fingerprint density at radius 1 is 1.16 bits per heavy atom. The second-order valence-corrected chi connectivity index (χ2v) is 11.4. The van der Waals surface area contributed by atoms with Gasteiger partial charge in [0.15, 0.2) is 0 Å². The fourth-order valence-electron chi connectivity index (χ4n) is 5.75. The summed E-state index contributed by atoms with van der Waals surface area (Å²) in [6.07, 6.45) is 5.47. The van der Waals surface area contributed by atoms with E-state index in [-0.39, 0.29) is 30.1 Å². The van der Waals surface area contributed by atoms with Crippen LogP contribution in [0, 0.1) is 13.8 Å². The van der Waals surface area contributed by atoms with Gasteiger partial charge >= 0.3 is 6.09 Å². The summed E-state index contributed by atoms with van der Waals surface area (Å²) in [5, 5.41) is 10.3. The molecule has 2 aliphatic rings. The van der Waals surface area contributed by atoms with Crippen molar-refractivity contribution < 1.29 is 18.8 Å². The molecule has 5 rings (SSSR count). The van der Waals surface area contributed by atoms with Gasteiger partial charge in [-0.2, -0.15) is 0 Å². The van der Waals surface area contributed by atoms with Gasteiger partial charge in [-0.05, 0) is 90.8 Å². The normalized spacial score (nSPS) is 22.6. The van der Waals surface area contributed by atoms with Gasteiger partial charge < -0.3 is 24.5 Å². The zero-order chi connectivity index (χ0) is 26.3. The minimum Gasteiger partial charge on any atom is -0.444 e. The number of imidazole rings is 1. The molecule has 3 aromatic rings. The SMILES string of the molecule is Cc1noc(C)c1-c1ccc2c(c1)nc([C@@H]1CCCC(=O)N1)n2C1CCC(NC(=O)OC(C)(C)C)CC1. The summed E-state index contributed by atoms with van der Waals surface area (Å²) in [6, 6.07) is 6.55. The number of ether oxygens (including phenoxy) is 1. The third kappa shape index (κ3) is 5.36. The molecule has 1 atom stereocenters. The predicted molar refractivity (Wildman–Crippen MR) is 140 cm³/mol. The van der Waals surface area contributed by atoms with E-state index in [1.807, 2.05) is 34.6 Å². The number of carbonyl (C=O) groups is 2. The van der Waals surface area contributed by atoms with Crippen LogP contribution in [-0.2, 0) is 9.53 Å². The van der Waals surface area contributed by atoms with E-state index < -0.39 is 5.60 Å². The number of nitrogens with one attached hydrogen (secondary N) is 2. The molecule has 1 aliphatic heterocycles.